The van der Waals surface area contributed by atoms with Gasteiger partial charge in [-0.25, -0.2) is 4.79 Å². The van der Waals surface area contributed by atoms with E-state index in [0.29, 0.717) is 36.8 Å². The molecule has 1 atom stereocenters. The van der Waals surface area contributed by atoms with Gasteiger partial charge in [0.15, 0.2) is 11.5 Å². The van der Waals surface area contributed by atoms with Crippen LogP contribution in [0.1, 0.15) is 38.7 Å². The van der Waals surface area contributed by atoms with Gasteiger partial charge in [0.25, 0.3) is 5.91 Å². The molecule has 2 heterocycles. The van der Waals surface area contributed by atoms with Crippen molar-refractivity contribution in [3.8, 4) is 11.5 Å². The van der Waals surface area contributed by atoms with E-state index in [1.165, 1.54) is 4.90 Å². The Hall–Kier alpha value is -2.24. The molecule has 0 aromatic heterocycles. The van der Waals surface area contributed by atoms with E-state index in [-0.39, 0.29) is 11.9 Å². The Morgan fingerprint density at radius 3 is 2.70 bits per heavy atom. The normalized spacial score (nSPS) is 23.7. The number of benzene rings is 1. The molecule has 0 aliphatic carbocycles. The number of nitrogens with zero attached hydrogens (tertiary/aromatic N) is 1. The Morgan fingerprint density at radius 1 is 1.22 bits per heavy atom. The molecule has 1 N–H and O–H groups in total. The minimum Gasteiger partial charge on any atom is -0.490 e. The summed E-state index contributed by atoms with van der Waals surface area (Å²) in [6.45, 7) is 5.40. The molecule has 124 valence electrons. The largest absolute Gasteiger partial charge is 0.490 e. The van der Waals surface area contributed by atoms with Crippen molar-refractivity contribution in [1.82, 2.24) is 10.2 Å². The lowest BCUT2D eigenvalue weighted by Gasteiger charge is -2.23. The highest BCUT2D eigenvalue weighted by molar-refractivity contribution is 6.07. The molecule has 3 amide bonds. The van der Waals surface area contributed by atoms with Crippen LogP contribution in [0.2, 0.25) is 0 Å². The number of rotatable bonds is 4. The van der Waals surface area contributed by atoms with Gasteiger partial charge in [0.1, 0.15) is 5.54 Å². The third-order valence-corrected chi connectivity index (χ3v) is 4.34. The fourth-order valence-corrected chi connectivity index (χ4v) is 2.89. The number of amides is 3. The van der Waals surface area contributed by atoms with Crippen LogP contribution in [-0.2, 0) is 10.3 Å². The molecule has 1 aromatic rings. The quantitative estimate of drug-likeness (QED) is 0.866. The topological polar surface area (TPSA) is 67.9 Å². The van der Waals surface area contributed by atoms with Gasteiger partial charge in [0.05, 0.1) is 13.2 Å². The number of fused-ring (bicyclic) bond motifs is 1. The number of urea groups is 1. The minimum atomic E-state index is -1.06. The van der Waals surface area contributed by atoms with Crippen LogP contribution in [0.5, 0.6) is 11.5 Å². The molecule has 0 bridgehead atoms. The van der Waals surface area contributed by atoms with E-state index in [0.717, 1.165) is 19.3 Å². The van der Waals surface area contributed by atoms with Gasteiger partial charge in [-0.15, -0.1) is 0 Å². The van der Waals surface area contributed by atoms with Gasteiger partial charge in [-0.05, 0) is 31.0 Å². The average Bonchev–Trinajstić information content (AvgIpc) is 2.72. The van der Waals surface area contributed by atoms with E-state index in [1.54, 1.807) is 19.1 Å². The summed E-state index contributed by atoms with van der Waals surface area (Å²) in [6, 6.07) is 5.07. The third kappa shape index (κ3) is 2.73. The van der Waals surface area contributed by atoms with Crippen molar-refractivity contribution in [2.75, 3.05) is 19.8 Å². The summed E-state index contributed by atoms with van der Waals surface area (Å²) < 4.78 is 11.3. The van der Waals surface area contributed by atoms with E-state index in [2.05, 4.69) is 5.32 Å². The van der Waals surface area contributed by atoms with Crippen LogP contribution in [0.4, 0.5) is 4.79 Å². The number of imide groups is 1. The van der Waals surface area contributed by atoms with Gasteiger partial charge in [-0.3, -0.25) is 9.69 Å². The van der Waals surface area contributed by atoms with Crippen LogP contribution in [0, 0.1) is 0 Å². The van der Waals surface area contributed by atoms with Crippen LogP contribution < -0.4 is 14.8 Å². The second-order valence-corrected chi connectivity index (χ2v) is 6.08. The molecule has 1 saturated heterocycles. The summed E-state index contributed by atoms with van der Waals surface area (Å²) in [6.07, 6.45) is 2.55. The molecule has 6 heteroatoms. The lowest BCUT2D eigenvalue weighted by atomic mass is 9.91. The first kappa shape index (κ1) is 15.6. The molecule has 0 spiro atoms. The molecule has 6 nitrogen and oxygen atoms in total. The van der Waals surface area contributed by atoms with Crippen LogP contribution in [-0.4, -0.2) is 36.6 Å². The summed E-state index contributed by atoms with van der Waals surface area (Å²) >= 11 is 0. The zero-order valence-electron chi connectivity index (χ0n) is 13.6. The Labute approximate surface area is 135 Å². The maximum absolute atomic E-state index is 12.8. The highest BCUT2D eigenvalue weighted by Crippen LogP contribution is 2.36. The monoisotopic (exact) mass is 318 g/mol. The van der Waals surface area contributed by atoms with Gasteiger partial charge in [-0.1, -0.05) is 19.4 Å². The lowest BCUT2D eigenvalue weighted by molar-refractivity contribution is -0.131. The SMILES string of the molecule is CCCCN1C(=O)NC(C)(c2ccc3c(c2)OCCCO3)C1=O. The fourth-order valence-electron chi connectivity index (χ4n) is 2.89. The Bertz CT molecular complexity index is 631. The number of carbonyl (C=O) groups excluding carboxylic acids is 2. The lowest BCUT2D eigenvalue weighted by Crippen LogP contribution is -2.41. The Balaban J connectivity index is 1.90. The van der Waals surface area contributed by atoms with E-state index < -0.39 is 5.54 Å². The second-order valence-electron chi connectivity index (χ2n) is 6.08. The van der Waals surface area contributed by atoms with Crippen molar-refractivity contribution < 1.29 is 19.1 Å². The standard InChI is InChI=1S/C17H22N2O4/c1-3-4-8-19-15(20)17(2,18-16(19)21)12-6-7-13-14(11-12)23-10-5-9-22-13/h6-7,11H,3-5,8-10H2,1-2H3,(H,18,21). The molecule has 1 unspecified atom stereocenters. The predicted octanol–water partition coefficient (Wildman–Crippen LogP) is 2.42. The van der Waals surface area contributed by atoms with Gasteiger partial charge < -0.3 is 14.8 Å². The third-order valence-electron chi connectivity index (χ3n) is 4.34. The van der Waals surface area contributed by atoms with Gasteiger partial charge in [0.2, 0.25) is 0 Å². The summed E-state index contributed by atoms with van der Waals surface area (Å²) in [5.74, 6) is 1.08. The summed E-state index contributed by atoms with van der Waals surface area (Å²) in [7, 11) is 0. The fraction of sp³-hybridized carbons (Fsp3) is 0.529. The highest BCUT2D eigenvalue weighted by Gasteiger charge is 2.48. The summed E-state index contributed by atoms with van der Waals surface area (Å²) in [5.41, 5.74) is -0.353. The first-order valence-electron chi connectivity index (χ1n) is 8.10. The highest BCUT2D eigenvalue weighted by atomic mass is 16.5. The van der Waals surface area contributed by atoms with E-state index >= 15 is 0 Å². The average molecular weight is 318 g/mol. The first-order chi connectivity index (χ1) is 11.1. The number of unbranched alkanes of at least 4 members (excludes halogenated alkanes) is 1. The molecule has 23 heavy (non-hydrogen) atoms. The number of ether oxygens (including phenoxy) is 2. The van der Waals surface area contributed by atoms with Crippen LogP contribution in [0.25, 0.3) is 0 Å². The van der Waals surface area contributed by atoms with Crippen molar-refractivity contribution in [2.45, 2.75) is 38.6 Å². The molecule has 3 rings (SSSR count). The van der Waals surface area contributed by atoms with E-state index in [1.807, 2.05) is 13.0 Å². The van der Waals surface area contributed by atoms with Crippen molar-refractivity contribution in [3.63, 3.8) is 0 Å². The van der Waals surface area contributed by atoms with Crippen LogP contribution in [0.15, 0.2) is 18.2 Å². The smallest absolute Gasteiger partial charge is 0.325 e. The molecular weight excluding hydrogens is 296 g/mol. The molecule has 1 fully saturated rings. The number of carbonyl (C=O) groups is 2. The van der Waals surface area contributed by atoms with E-state index in [4.69, 9.17) is 9.47 Å². The summed E-state index contributed by atoms with van der Waals surface area (Å²) in [4.78, 5) is 26.2. The molecule has 2 aliphatic heterocycles. The molecule has 1 aromatic carbocycles. The molecule has 0 saturated carbocycles. The maximum Gasteiger partial charge on any atom is 0.325 e. The van der Waals surface area contributed by atoms with Crippen molar-refractivity contribution in [3.05, 3.63) is 23.8 Å². The molecule has 0 radical (unpaired) electrons. The van der Waals surface area contributed by atoms with Gasteiger partial charge in [-0.2, -0.15) is 0 Å². The zero-order valence-corrected chi connectivity index (χ0v) is 13.6. The van der Waals surface area contributed by atoms with Crippen LogP contribution >= 0.6 is 0 Å². The van der Waals surface area contributed by atoms with Gasteiger partial charge in [0, 0.05) is 13.0 Å². The number of hydrogen-bond acceptors (Lipinski definition) is 4. The van der Waals surface area contributed by atoms with Gasteiger partial charge >= 0.3 is 6.03 Å². The molecular formula is C17H22N2O4. The second kappa shape index (κ2) is 6.10. The zero-order chi connectivity index (χ0) is 16.4. The first-order valence-corrected chi connectivity index (χ1v) is 8.10. The molecule has 2 aliphatic rings. The number of hydrogen-bond donors (Lipinski definition) is 1. The number of nitrogens with one attached hydrogen (secondary N) is 1. The predicted molar refractivity (Wildman–Crippen MR) is 84.6 cm³/mol. The van der Waals surface area contributed by atoms with Crippen molar-refractivity contribution in [2.24, 2.45) is 0 Å². The van der Waals surface area contributed by atoms with Crippen molar-refractivity contribution in [1.29, 1.82) is 0 Å². The Morgan fingerprint density at radius 2 is 1.96 bits per heavy atom. The maximum atomic E-state index is 12.8. The Kier molecular flexibility index (Phi) is 4.15. The van der Waals surface area contributed by atoms with Crippen molar-refractivity contribution >= 4 is 11.9 Å². The summed E-state index contributed by atoms with van der Waals surface area (Å²) in [5, 5.41) is 2.82. The van der Waals surface area contributed by atoms with Crippen LogP contribution in [0.3, 0.4) is 0 Å². The van der Waals surface area contributed by atoms with E-state index in [9.17, 15) is 9.59 Å². The minimum absolute atomic E-state index is 0.217.